The standard InChI is InChI=1S/C7H14N2/c1-6(8-3)5-7(2)9-4/h5,8H,1-4H3/b6-5+,9-7-. The minimum absolute atomic E-state index is 1.04. The Labute approximate surface area is 56.7 Å². The maximum absolute atomic E-state index is 3.98. The van der Waals surface area contributed by atoms with E-state index >= 15 is 0 Å². The SMILES string of the molecule is C/N=C(C)\C=C(/C)NC. The average molecular weight is 126 g/mol. The molecule has 0 aliphatic heterocycles. The molecule has 0 bridgehead atoms. The lowest BCUT2D eigenvalue weighted by atomic mass is 10.3. The van der Waals surface area contributed by atoms with E-state index < -0.39 is 0 Å². The number of nitrogens with one attached hydrogen (secondary N) is 1. The average Bonchev–Trinajstić information content (AvgIpc) is 1.87. The molecule has 0 aliphatic carbocycles. The van der Waals surface area contributed by atoms with Crippen molar-refractivity contribution in [1.82, 2.24) is 5.32 Å². The molecule has 0 heterocycles. The third-order valence-electron chi connectivity index (χ3n) is 1.17. The zero-order valence-electron chi connectivity index (χ0n) is 6.52. The summed E-state index contributed by atoms with van der Waals surface area (Å²) < 4.78 is 0. The van der Waals surface area contributed by atoms with Crippen LogP contribution in [0.4, 0.5) is 0 Å². The molecule has 0 unspecified atom stereocenters. The van der Waals surface area contributed by atoms with E-state index in [2.05, 4.69) is 10.3 Å². The van der Waals surface area contributed by atoms with Gasteiger partial charge < -0.3 is 5.32 Å². The first-order valence-electron chi connectivity index (χ1n) is 3.00. The molecule has 1 N–H and O–H groups in total. The molecule has 9 heavy (non-hydrogen) atoms. The highest BCUT2D eigenvalue weighted by Gasteiger charge is 1.82. The van der Waals surface area contributed by atoms with Crippen LogP contribution in [0.25, 0.3) is 0 Å². The van der Waals surface area contributed by atoms with Crippen molar-refractivity contribution in [3.8, 4) is 0 Å². The zero-order valence-corrected chi connectivity index (χ0v) is 6.52. The number of rotatable bonds is 2. The first-order chi connectivity index (χ1) is 4.20. The highest BCUT2D eigenvalue weighted by atomic mass is 14.8. The number of aliphatic imine (C=N–C) groups is 1. The summed E-state index contributed by atoms with van der Waals surface area (Å²) in [7, 11) is 3.68. The maximum Gasteiger partial charge on any atom is 0.0330 e. The minimum atomic E-state index is 1.04. The van der Waals surface area contributed by atoms with Crippen LogP contribution < -0.4 is 5.32 Å². The Morgan fingerprint density at radius 2 is 2.00 bits per heavy atom. The van der Waals surface area contributed by atoms with Gasteiger partial charge in [-0.15, -0.1) is 0 Å². The van der Waals surface area contributed by atoms with Gasteiger partial charge in [-0.25, -0.2) is 0 Å². The van der Waals surface area contributed by atoms with Gasteiger partial charge in [0.2, 0.25) is 0 Å². The van der Waals surface area contributed by atoms with Crippen LogP contribution >= 0.6 is 0 Å². The van der Waals surface area contributed by atoms with E-state index in [4.69, 9.17) is 0 Å². The lowest BCUT2D eigenvalue weighted by molar-refractivity contribution is 0.992. The number of nitrogens with zero attached hydrogens (tertiary/aromatic N) is 1. The van der Waals surface area contributed by atoms with Gasteiger partial charge in [0, 0.05) is 25.5 Å². The van der Waals surface area contributed by atoms with Crippen molar-refractivity contribution in [1.29, 1.82) is 0 Å². The maximum atomic E-state index is 3.98. The fraction of sp³-hybridized carbons (Fsp3) is 0.571. The van der Waals surface area contributed by atoms with Gasteiger partial charge in [-0.2, -0.15) is 0 Å². The van der Waals surface area contributed by atoms with Crippen molar-refractivity contribution in [2.45, 2.75) is 13.8 Å². The zero-order chi connectivity index (χ0) is 7.28. The Balaban J connectivity index is 3.95. The van der Waals surface area contributed by atoms with Crippen LogP contribution in [0.3, 0.4) is 0 Å². The molecule has 0 saturated carbocycles. The van der Waals surface area contributed by atoms with E-state index in [0.717, 1.165) is 11.4 Å². The Bertz CT molecular complexity index is 134. The fourth-order valence-electron chi connectivity index (χ4n) is 0.450. The summed E-state index contributed by atoms with van der Waals surface area (Å²) in [6, 6.07) is 0. The predicted molar refractivity (Wildman–Crippen MR) is 41.8 cm³/mol. The molecule has 0 fully saturated rings. The highest BCUT2D eigenvalue weighted by molar-refractivity contribution is 5.93. The van der Waals surface area contributed by atoms with Crippen molar-refractivity contribution in [3.63, 3.8) is 0 Å². The summed E-state index contributed by atoms with van der Waals surface area (Å²) >= 11 is 0. The smallest absolute Gasteiger partial charge is 0.0330 e. The Kier molecular flexibility index (Phi) is 3.76. The topological polar surface area (TPSA) is 24.4 Å². The molecule has 52 valence electrons. The van der Waals surface area contributed by atoms with Gasteiger partial charge in [0.05, 0.1) is 0 Å². The van der Waals surface area contributed by atoms with Gasteiger partial charge in [0.15, 0.2) is 0 Å². The molecule has 0 spiro atoms. The molecule has 0 aromatic rings. The van der Waals surface area contributed by atoms with Gasteiger partial charge in [0.1, 0.15) is 0 Å². The lowest BCUT2D eigenvalue weighted by Gasteiger charge is -1.96. The monoisotopic (exact) mass is 126 g/mol. The fourth-order valence-corrected chi connectivity index (χ4v) is 0.450. The Hall–Kier alpha value is -0.790. The van der Waals surface area contributed by atoms with Gasteiger partial charge in [-0.3, -0.25) is 4.99 Å². The molecule has 2 heteroatoms. The summed E-state index contributed by atoms with van der Waals surface area (Å²) in [4.78, 5) is 3.98. The lowest BCUT2D eigenvalue weighted by Crippen LogP contribution is -2.03. The van der Waals surface area contributed by atoms with Crippen molar-refractivity contribution in [2.75, 3.05) is 14.1 Å². The predicted octanol–water partition coefficient (Wildman–Crippen LogP) is 1.20. The molecule has 0 radical (unpaired) electrons. The first-order valence-corrected chi connectivity index (χ1v) is 3.00. The highest BCUT2D eigenvalue weighted by Crippen LogP contribution is 1.85. The summed E-state index contributed by atoms with van der Waals surface area (Å²) in [5.74, 6) is 0. The minimum Gasteiger partial charge on any atom is -0.392 e. The second kappa shape index (κ2) is 4.13. The van der Waals surface area contributed by atoms with E-state index in [1.54, 1.807) is 7.05 Å². The third-order valence-corrected chi connectivity index (χ3v) is 1.17. The summed E-state index contributed by atoms with van der Waals surface area (Å²) in [5.41, 5.74) is 2.18. The Morgan fingerprint density at radius 1 is 1.44 bits per heavy atom. The van der Waals surface area contributed by atoms with Crippen LogP contribution in [0.1, 0.15) is 13.8 Å². The van der Waals surface area contributed by atoms with E-state index in [0.29, 0.717) is 0 Å². The number of allylic oxidation sites excluding steroid dienone is 2. The second-order valence-corrected chi connectivity index (χ2v) is 1.94. The van der Waals surface area contributed by atoms with Crippen molar-refractivity contribution < 1.29 is 0 Å². The quantitative estimate of drug-likeness (QED) is 0.552. The van der Waals surface area contributed by atoms with Gasteiger partial charge in [-0.05, 0) is 19.9 Å². The molecule has 0 aromatic carbocycles. The molecule has 0 amide bonds. The molecule has 0 atom stereocenters. The number of hydrogen-bond donors (Lipinski definition) is 1. The van der Waals surface area contributed by atoms with Crippen molar-refractivity contribution in [3.05, 3.63) is 11.8 Å². The van der Waals surface area contributed by atoms with Crippen molar-refractivity contribution in [2.24, 2.45) is 4.99 Å². The molecule has 2 nitrogen and oxygen atoms in total. The summed E-state index contributed by atoms with van der Waals surface area (Å²) in [6.45, 7) is 3.98. The van der Waals surface area contributed by atoms with Crippen LogP contribution in [0, 0.1) is 0 Å². The largest absolute Gasteiger partial charge is 0.392 e. The van der Waals surface area contributed by atoms with Gasteiger partial charge in [0.25, 0.3) is 0 Å². The molecular weight excluding hydrogens is 112 g/mol. The van der Waals surface area contributed by atoms with Crippen LogP contribution in [0.15, 0.2) is 16.8 Å². The van der Waals surface area contributed by atoms with Crippen molar-refractivity contribution >= 4 is 5.71 Å². The molecule has 0 saturated heterocycles. The van der Waals surface area contributed by atoms with Crippen LogP contribution in [0.5, 0.6) is 0 Å². The van der Waals surface area contributed by atoms with E-state index in [-0.39, 0.29) is 0 Å². The molecule has 0 rings (SSSR count). The van der Waals surface area contributed by atoms with Crippen LogP contribution in [0.2, 0.25) is 0 Å². The second-order valence-electron chi connectivity index (χ2n) is 1.94. The molecular formula is C7H14N2. The normalized spacial score (nSPS) is 13.8. The summed E-state index contributed by atoms with van der Waals surface area (Å²) in [6.07, 6.45) is 2.00. The number of hydrogen-bond acceptors (Lipinski definition) is 2. The van der Waals surface area contributed by atoms with Crippen LogP contribution in [-0.2, 0) is 0 Å². The van der Waals surface area contributed by atoms with E-state index in [1.165, 1.54) is 0 Å². The summed E-state index contributed by atoms with van der Waals surface area (Å²) in [5, 5.41) is 3.01. The van der Waals surface area contributed by atoms with E-state index in [9.17, 15) is 0 Å². The van der Waals surface area contributed by atoms with Gasteiger partial charge >= 0.3 is 0 Å². The van der Waals surface area contributed by atoms with E-state index in [1.807, 2.05) is 27.0 Å². The third kappa shape index (κ3) is 3.76. The Morgan fingerprint density at radius 3 is 2.33 bits per heavy atom. The van der Waals surface area contributed by atoms with Gasteiger partial charge in [-0.1, -0.05) is 0 Å². The molecule has 0 aromatic heterocycles. The molecule has 0 aliphatic rings. The first kappa shape index (κ1) is 8.21. The van der Waals surface area contributed by atoms with Crippen LogP contribution in [-0.4, -0.2) is 19.8 Å².